The van der Waals surface area contributed by atoms with Crippen LogP contribution < -0.4 is 10.5 Å². The molecule has 2 rings (SSSR count). The molecule has 1 unspecified atom stereocenters. The van der Waals surface area contributed by atoms with Crippen LogP contribution in [0.25, 0.3) is 0 Å². The average Bonchev–Trinajstić information content (AvgIpc) is 3.01. The summed E-state index contributed by atoms with van der Waals surface area (Å²) in [6, 6.07) is 3.09. The summed E-state index contributed by atoms with van der Waals surface area (Å²) in [5, 5.41) is 0. The van der Waals surface area contributed by atoms with Crippen molar-refractivity contribution in [3.05, 3.63) is 16.5 Å². The number of rotatable bonds is 5. The summed E-state index contributed by atoms with van der Waals surface area (Å²) in [6.07, 6.45) is 2.06. The monoisotopic (exact) mass is 330 g/mol. The highest BCUT2D eigenvalue weighted by atomic mass is 35.5. The van der Waals surface area contributed by atoms with Gasteiger partial charge in [-0.25, -0.2) is 13.1 Å². The predicted octanol–water partition coefficient (Wildman–Crippen LogP) is 2.23. The molecule has 1 atom stereocenters. The van der Waals surface area contributed by atoms with E-state index in [1.165, 1.54) is 6.07 Å². The minimum atomic E-state index is -3.51. The normalized spacial score (nSPS) is 19.1. The van der Waals surface area contributed by atoms with Gasteiger partial charge in [0.15, 0.2) is 0 Å². The molecule has 3 N–H and O–H groups in total. The fourth-order valence-electron chi connectivity index (χ4n) is 1.81. The van der Waals surface area contributed by atoms with Gasteiger partial charge in [-0.1, -0.05) is 11.6 Å². The van der Waals surface area contributed by atoms with E-state index in [2.05, 4.69) is 4.72 Å². The Labute approximate surface area is 122 Å². The minimum Gasteiger partial charge on any atom is -0.329 e. The fraction of sp³-hybridized carbons (Fsp3) is 0.600. The van der Waals surface area contributed by atoms with Gasteiger partial charge in [0.2, 0.25) is 0 Å². The van der Waals surface area contributed by atoms with Gasteiger partial charge in [0.1, 0.15) is 4.21 Å². The summed E-state index contributed by atoms with van der Waals surface area (Å²) in [5.74, 6) is 0.345. The molecule has 0 spiro atoms. The SMILES string of the molecule is CC(CN)(NS(=O)(=O)c1ccc(Cl)s1)C1CC1.Cl. The maximum absolute atomic E-state index is 12.1. The van der Waals surface area contributed by atoms with Crippen molar-refractivity contribution in [3.63, 3.8) is 0 Å². The second kappa shape index (κ2) is 5.64. The van der Waals surface area contributed by atoms with Crippen LogP contribution in [0.1, 0.15) is 19.8 Å². The number of nitrogens with one attached hydrogen (secondary N) is 1. The van der Waals surface area contributed by atoms with Crippen molar-refractivity contribution in [1.29, 1.82) is 0 Å². The van der Waals surface area contributed by atoms with Crippen LogP contribution in [-0.4, -0.2) is 20.5 Å². The van der Waals surface area contributed by atoms with Crippen molar-refractivity contribution in [2.75, 3.05) is 6.54 Å². The summed E-state index contributed by atoms with van der Waals surface area (Å²) >= 11 is 6.80. The Morgan fingerprint density at radius 2 is 2.17 bits per heavy atom. The first kappa shape index (κ1) is 16.2. The topological polar surface area (TPSA) is 72.2 Å². The van der Waals surface area contributed by atoms with Crippen LogP contribution in [0.4, 0.5) is 0 Å². The van der Waals surface area contributed by atoms with Crippen LogP contribution in [0, 0.1) is 5.92 Å². The smallest absolute Gasteiger partial charge is 0.250 e. The highest BCUT2D eigenvalue weighted by Crippen LogP contribution is 2.40. The van der Waals surface area contributed by atoms with Gasteiger partial charge < -0.3 is 5.73 Å². The summed E-state index contributed by atoms with van der Waals surface area (Å²) in [7, 11) is -3.51. The number of hydrogen-bond acceptors (Lipinski definition) is 4. The maximum atomic E-state index is 12.1. The van der Waals surface area contributed by atoms with Crippen molar-refractivity contribution in [3.8, 4) is 0 Å². The zero-order valence-electron chi connectivity index (χ0n) is 9.85. The second-order valence-electron chi connectivity index (χ2n) is 4.56. The Hall–Kier alpha value is 0.150. The Balaban J connectivity index is 0.00000162. The molecular weight excluding hydrogens is 315 g/mol. The molecule has 4 nitrogen and oxygen atoms in total. The van der Waals surface area contributed by atoms with Gasteiger partial charge in [0.25, 0.3) is 10.0 Å². The largest absolute Gasteiger partial charge is 0.329 e. The van der Waals surface area contributed by atoms with Crippen molar-refractivity contribution >= 4 is 45.4 Å². The van der Waals surface area contributed by atoms with Gasteiger partial charge in [0, 0.05) is 12.1 Å². The molecule has 104 valence electrons. The molecule has 1 aromatic rings. The first-order valence-electron chi connectivity index (χ1n) is 5.37. The number of thiophene rings is 1. The first-order valence-corrected chi connectivity index (χ1v) is 8.04. The number of nitrogens with two attached hydrogens (primary N) is 1. The van der Waals surface area contributed by atoms with Crippen molar-refractivity contribution in [1.82, 2.24) is 4.72 Å². The van der Waals surface area contributed by atoms with Crippen molar-refractivity contribution in [2.24, 2.45) is 11.7 Å². The van der Waals surface area contributed by atoms with E-state index in [0.717, 1.165) is 24.2 Å². The molecule has 1 fully saturated rings. The Bertz CT molecular complexity index is 514. The zero-order chi connectivity index (χ0) is 12.7. The molecular formula is C10H16Cl2N2O2S2. The van der Waals surface area contributed by atoms with Crippen LogP contribution in [0.2, 0.25) is 4.34 Å². The molecule has 1 aromatic heterocycles. The van der Waals surface area contributed by atoms with Crippen LogP contribution in [0.3, 0.4) is 0 Å². The first-order chi connectivity index (χ1) is 7.87. The molecule has 0 aliphatic heterocycles. The third-order valence-corrected chi connectivity index (χ3v) is 6.42. The molecule has 1 saturated carbocycles. The molecule has 0 aromatic carbocycles. The summed E-state index contributed by atoms with van der Waals surface area (Å²) in [4.78, 5) is 0. The summed E-state index contributed by atoms with van der Waals surface area (Å²) in [6.45, 7) is 2.16. The minimum absolute atomic E-state index is 0. The van der Waals surface area contributed by atoms with E-state index in [0.29, 0.717) is 16.8 Å². The Morgan fingerprint density at radius 1 is 1.56 bits per heavy atom. The second-order valence-corrected chi connectivity index (χ2v) is 8.18. The molecule has 18 heavy (non-hydrogen) atoms. The predicted molar refractivity (Wildman–Crippen MR) is 77.1 cm³/mol. The lowest BCUT2D eigenvalue weighted by molar-refractivity contribution is 0.374. The average molecular weight is 331 g/mol. The van der Waals surface area contributed by atoms with Gasteiger partial charge in [-0.15, -0.1) is 23.7 Å². The van der Waals surface area contributed by atoms with Crippen molar-refractivity contribution < 1.29 is 8.42 Å². The molecule has 0 saturated heterocycles. The molecule has 8 heteroatoms. The van der Waals surface area contributed by atoms with E-state index < -0.39 is 15.6 Å². The van der Waals surface area contributed by atoms with Gasteiger partial charge in [-0.2, -0.15) is 0 Å². The van der Waals surface area contributed by atoms with Crippen LogP contribution in [0.15, 0.2) is 16.3 Å². The van der Waals surface area contributed by atoms with Gasteiger partial charge in [0.05, 0.1) is 4.34 Å². The molecule has 0 radical (unpaired) electrons. The highest BCUT2D eigenvalue weighted by molar-refractivity contribution is 7.91. The fourth-order valence-corrected chi connectivity index (χ4v) is 4.77. The molecule has 1 aliphatic carbocycles. The Kier molecular flexibility index (Phi) is 5.08. The lowest BCUT2D eigenvalue weighted by atomic mass is 9.98. The van der Waals surface area contributed by atoms with E-state index in [1.54, 1.807) is 6.07 Å². The molecule has 0 bridgehead atoms. The van der Waals surface area contributed by atoms with Gasteiger partial charge in [-0.05, 0) is 37.8 Å². The van der Waals surface area contributed by atoms with E-state index in [9.17, 15) is 8.42 Å². The van der Waals surface area contributed by atoms with E-state index >= 15 is 0 Å². The third-order valence-electron chi connectivity index (χ3n) is 3.08. The van der Waals surface area contributed by atoms with Crippen LogP contribution in [-0.2, 0) is 10.0 Å². The zero-order valence-corrected chi connectivity index (χ0v) is 13.1. The third kappa shape index (κ3) is 3.37. The lowest BCUT2D eigenvalue weighted by Gasteiger charge is -2.28. The molecule has 1 aliphatic rings. The number of sulfonamides is 1. The quantitative estimate of drug-likeness (QED) is 0.869. The van der Waals surface area contributed by atoms with Crippen LogP contribution in [0.5, 0.6) is 0 Å². The van der Waals surface area contributed by atoms with Gasteiger partial charge >= 0.3 is 0 Å². The van der Waals surface area contributed by atoms with Gasteiger partial charge in [-0.3, -0.25) is 0 Å². The van der Waals surface area contributed by atoms with Crippen LogP contribution >= 0.6 is 35.3 Å². The maximum Gasteiger partial charge on any atom is 0.250 e. The molecule has 1 heterocycles. The Morgan fingerprint density at radius 3 is 2.56 bits per heavy atom. The summed E-state index contributed by atoms with van der Waals surface area (Å²) < 4.78 is 27.7. The van der Waals surface area contributed by atoms with Crippen molar-refractivity contribution in [2.45, 2.75) is 29.5 Å². The lowest BCUT2D eigenvalue weighted by Crippen LogP contribution is -2.52. The standard InChI is InChI=1S/C10H15ClN2O2S2.ClH/c1-10(6-12,7-2-3-7)13-17(14,15)9-5-4-8(11)16-9;/h4-5,7,13H,2-3,6,12H2,1H3;1H. The number of hydrogen-bond donors (Lipinski definition) is 2. The van der Waals surface area contributed by atoms with E-state index in [1.807, 2.05) is 6.92 Å². The summed E-state index contributed by atoms with van der Waals surface area (Å²) in [5.41, 5.74) is 5.14. The number of halogens is 2. The molecule has 0 amide bonds. The van der Waals surface area contributed by atoms with E-state index in [4.69, 9.17) is 17.3 Å². The highest BCUT2D eigenvalue weighted by Gasteiger charge is 2.43. The van der Waals surface area contributed by atoms with E-state index in [-0.39, 0.29) is 16.6 Å².